The van der Waals surface area contributed by atoms with Crippen molar-refractivity contribution in [1.82, 2.24) is 4.98 Å². The Morgan fingerprint density at radius 3 is 2.71 bits per heavy atom. The van der Waals surface area contributed by atoms with Gasteiger partial charge in [0.25, 0.3) is 0 Å². The van der Waals surface area contributed by atoms with E-state index in [0.29, 0.717) is 0 Å². The van der Waals surface area contributed by atoms with Crippen molar-refractivity contribution >= 4 is 22.7 Å². The van der Waals surface area contributed by atoms with Gasteiger partial charge in [-0.05, 0) is 31.5 Å². The molecule has 0 bridgehead atoms. The van der Waals surface area contributed by atoms with E-state index in [1.807, 2.05) is 25.4 Å². The Morgan fingerprint density at radius 1 is 1.35 bits per heavy atom. The van der Waals surface area contributed by atoms with Gasteiger partial charge < -0.3 is 10.6 Å². The maximum Gasteiger partial charge on any atom is 0.0798 e. The van der Waals surface area contributed by atoms with E-state index in [2.05, 4.69) is 29.1 Å². The third-order valence-corrected chi connectivity index (χ3v) is 3.74. The van der Waals surface area contributed by atoms with Crippen molar-refractivity contribution in [2.75, 3.05) is 17.7 Å². The van der Waals surface area contributed by atoms with E-state index in [4.69, 9.17) is 5.73 Å². The minimum absolute atomic E-state index is 0.828. The molecule has 0 atom stereocenters. The number of hydrogen-bond donors (Lipinski definition) is 1. The molecule has 0 aliphatic carbocycles. The van der Waals surface area contributed by atoms with Crippen LogP contribution < -0.4 is 10.6 Å². The summed E-state index contributed by atoms with van der Waals surface area (Å²) in [5, 5.41) is 0. The predicted molar refractivity (Wildman–Crippen MR) is 74.5 cm³/mol. The van der Waals surface area contributed by atoms with Crippen molar-refractivity contribution in [1.29, 1.82) is 0 Å². The van der Waals surface area contributed by atoms with Gasteiger partial charge in [-0.25, -0.2) is 4.98 Å². The first-order valence-electron chi connectivity index (χ1n) is 5.54. The molecule has 0 amide bonds. The minimum atomic E-state index is 0.828. The number of thiazole rings is 1. The fraction of sp³-hybridized carbons (Fsp3) is 0.308. The summed E-state index contributed by atoms with van der Waals surface area (Å²) in [7, 11) is 2.06. The summed E-state index contributed by atoms with van der Waals surface area (Å²) >= 11 is 1.69. The average Bonchev–Trinajstić information content (AvgIpc) is 2.64. The van der Waals surface area contributed by atoms with Gasteiger partial charge >= 0.3 is 0 Å². The summed E-state index contributed by atoms with van der Waals surface area (Å²) in [6.07, 6.45) is 0. The van der Waals surface area contributed by atoms with Gasteiger partial charge in [-0.1, -0.05) is 6.07 Å². The SMILES string of the molecule is Cc1ccc(N(C)Cc2scnc2C)c(N)c1. The molecule has 90 valence electrons. The number of aryl methyl sites for hydroxylation is 2. The highest BCUT2D eigenvalue weighted by Crippen LogP contribution is 2.25. The average molecular weight is 247 g/mol. The Bertz CT molecular complexity index is 519. The van der Waals surface area contributed by atoms with E-state index in [1.54, 1.807) is 11.3 Å². The van der Waals surface area contributed by atoms with E-state index < -0.39 is 0 Å². The normalized spacial score (nSPS) is 10.5. The van der Waals surface area contributed by atoms with Crippen molar-refractivity contribution in [3.63, 3.8) is 0 Å². The third-order valence-electron chi connectivity index (χ3n) is 2.82. The van der Waals surface area contributed by atoms with Gasteiger partial charge in [-0.2, -0.15) is 0 Å². The lowest BCUT2D eigenvalue weighted by molar-refractivity contribution is 0.927. The fourth-order valence-corrected chi connectivity index (χ4v) is 2.63. The van der Waals surface area contributed by atoms with Crippen LogP contribution in [0.2, 0.25) is 0 Å². The molecule has 0 radical (unpaired) electrons. The second-order valence-corrected chi connectivity index (χ2v) is 5.22. The lowest BCUT2D eigenvalue weighted by Crippen LogP contribution is -2.17. The highest BCUT2D eigenvalue weighted by Gasteiger charge is 2.09. The van der Waals surface area contributed by atoms with Crippen molar-refractivity contribution < 1.29 is 0 Å². The van der Waals surface area contributed by atoms with Crippen LogP contribution in [0.4, 0.5) is 11.4 Å². The van der Waals surface area contributed by atoms with Crippen LogP contribution in [0.3, 0.4) is 0 Å². The Hall–Kier alpha value is -1.55. The van der Waals surface area contributed by atoms with Crippen LogP contribution in [0.25, 0.3) is 0 Å². The van der Waals surface area contributed by atoms with Crippen LogP contribution in [0.15, 0.2) is 23.7 Å². The standard InChI is InChI=1S/C13H17N3S/c1-9-4-5-12(11(14)6-9)16(3)7-13-10(2)15-8-17-13/h4-6,8H,7,14H2,1-3H3. The summed E-state index contributed by atoms with van der Waals surface area (Å²) in [5.41, 5.74) is 12.1. The zero-order valence-electron chi connectivity index (χ0n) is 10.4. The number of anilines is 2. The quantitative estimate of drug-likeness (QED) is 0.848. The molecule has 1 heterocycles. The molecule has 4 heteroatoms. The second-order valence-electron chi connectivity index (χ2n) is 4.28. The number of rotatable bonds is 3. The van der Waals surface area contributed by atoms with Crippen LogP contribution in [-0.2, 0) is 6.54 Å². The van der Waals surface area contributed by atoms with Gasteiger partial charge in [0.15, 0.2) is 0 Å². The van der Waals surface area contributed by atoms with Crippen molar-refractivity contribution in [2.24, 2.45) is 0 Å². The van der Waals surface area contributed by atoms with Gasteiger partial charge in [0.05, 0.1) is 29.1 Å². The van der Waals surface area contributed by atoms with E-state index >= 15 is 0 Å². The molecule has 1 aromatic carbocycles. The van der Waals surface area contributed by atoms with E-state index in [9.17, 15) is 0 Å². The van der Waals surface area contributed by atoms with Gasteiger partial charge in [0.1, 0.15) is 0 Å². The van der Waals surface area contributed by atoms with Crippen LogP contribution in [0.1, 0.15) is 16.1 Å². The van der Waals surface area contributed by atoms with Gasteiger partial charge in [0.2, 0.25) is 0 Å². The molecule has 0 aliphatic rings. The van der Waals surface area contributed by atoms with Crippen LogP contribution in [0, 0.1) is 13.8 Å². The lowest BCUT2D eigenvalue weighted by atomic mass is 10.2. The van der Waals surface area contributed by atoms with Crippen molar-refractivity contribution in [3.8, 4) is 0 Å². The molecular weight excluding hydrogens is 230 g/mol. The molecule has 0 saturated heterocycles. The highest BCUT2D eigenvalue weighted by atomic mass is 32.1. The topological polar surface area (TPSA) is 42.2 Å². The highest BCUT2D eigenvalue weighted by molar-refractivity contribution is 7.09. The third kappa shape index (κ3) is 2.58. The molecule has 0 saturated carbocycles. The number of aromatic nitrogens is 1. The largest absolute Gasteiger partial charge is 0.397 e. The Kier molecular flexibility index (Phi) is 3.33. The molecule has 0 unspecified atom stereocenters. The molecule has 17 heavy (non-hydrogen) atoms. The lowest BCUT2D eigenvalue weighted by Gasteiger charge is -2.20. The zero-order chi connectivity index (χ0) is 12.4. The summed E-state index contributed by atoms with van der Waals surface area (Å²) in [6.45, 7) is 4.94. The molecule has 2 N–H and O–H groups in total. The first-order valence-corrected chi connectivity index (χ1v) is 6.42. The van der Waals surface area contributed by atoms with Crippen molar-refractivity contribution in [3.05, 3.63) is 39.8 Å². The molecule has 0 aliphatic heterocycles. The van der Waals surface area contributed by atoms with Crippen LogP contribution in [-0.4, -0.2) is 12.0 Å². The predicted octanol–water partition coefficient (Wildman–Crippen LogP) is 2.98. The second kappa shape index (κ2) is 4.75. The number of nitrogens with zero attached hydrogens (tertiary/aromatic N) is 2. The maximum atomic E-state index is 6.04. The molecule has 2 rings (SSSR count). The Balaban J connectivity index is 2.20. The molecule has 2 aromatic rings. The smallest absolute Gasteiger partial charge is 0.0798 e. The van der Waals surface area contributed by atoms with E-state index in [1.165, 1.54) is 10.4 Å². The summed E-state index contributed by atoms with van der Waals surface area (Å²) in [4.78, 5) is 7.71. The molecule has 3 nitrogen and oxygen atoms in total. The molecular formula is C13H17N3S. The summed E-state index contributed by atoms with van der Waals surface area (Å²) in [5.74, 6) is 0. The molecule has 0 spiro atoms. The van der Waals surface area contributed by atoms with Gasteiger partial charge in [-0.3, -0.25) is 0 Å². The summed E-state index contributed by atoms with van der Waals surface area (Å²) in [6, 6.07) is 6.16. The maximum absolute atomic E-state index is 6.04. The molecule has 0 fully saturated rings. The number of hydrogen-bond acceptors (Lipinski definition) is 4. The van der Waals surface area contributed by atoms with E-state index in [-0.39, 0.29) is 0 Å². The fourth-order valence-electron chi connectivity index (χ4n) is 1.80. The van der Waals surface area contributed by atoms with E-state index in [0.717, 1.165) is 23.6 Å². The minimum Gasteiger partial charge on any atom is -0.397 e. The Labute approximate surface area is 106 Å². The first kappa shape index (κ1) is 11.9. The number of nitrogen functional groups attached to an aromatic ring is 1. The Morgan fingerprint density at radius 2 is 2.12 bits per heavy atom. The van der Waals surface area contributed by atoms with Crippen LogP contribution >= 0.6 is 11.3 Å². The van der Waals surface area contributed by atoms with Gasteiger partial charge in [0, 0.05) is 11.9 Å². The van der Waals surface area contributed by atoms with Crippen molar-refractivity contribution in [2.45, 2.75) is 20.4 Å². The van der Waals surface area contributed by atoms with Crippen LogP contribution in [0.5, 0.6) is 0 Å². The first-order chi connectivity index (χ1) is 8.08. The van der Waals surface area contributed by atoms with Gasteiger partial charge in [-0.15, -0.1) is 11.3 Å². The number of benzene rings is 1. The number of nitrogens with two attached hydrogens (primary N) is 1. The molecule has 1 aromatic heterocycles. The monoisotopic (exact) mass is 247 g/mol. The summed E-state index contributed by atoms with van der Waals surface area (Å²) < 4.78 is 0. The zero-order valence-corrected chi connectivity index (χ0v) is 11.2.